The number of aromatic nitrogens is 2. The quantitative estimate of drug-likeness (QED) is 0.770. The second-order valence-corrected chi connectivity index (χ2v) is 5.56. The maximum Gasteiger partial charge on any atom is 0.231 e. The molecule has 1 saturated heterocycles. The Morgan fingerprint density at radius 1 is 1.24 bits per heavy atom. The second kappa shape index (κ2) is 4.84. The van der Waals surface area contributed by atoms with Crippen LogP contribution in [0.25, 0.3) is 0 Å². The van der Waals surface area contributed by atoms with Crippen LogP contribution in [-0.2, 0) is 10.0 Å². The summed E-state index contributed by atoms with van der Waals surface area (Å²) < 4.78 is 24.2. The van der Waals surface area contributed by atoms with E-state index in [1.165, 1.54) is 0 Å². The maximum atomic E-state index is 11.0. The minimum absolute atomic E-state index is 0.234. The van der Waals surface area contributed by atoms with Gasteiger partial charge in [-0.25, -0.2) is 13.7 Å². The summed E-state index contributed by atoms with van der Waals surface area (Å²) >= 11 is 0. The van der Waals surface area contributed by atoms with Crippen molar-refractivity contribution in [2.75, 3.05) is 42.1 Å². The number of rotatable bonds is 3. The molecule has 1 aliphatic rings. The van der Waals surface area contributed by atoms with Gasteiger partial charge in [-0.2, -0.15) is 0 Å². The molecule has 0 amide bonds. The van der Waals surface area contributed by atoms with Crippen LogP contribution in [0.2, 0.25) is 0 Å². The van der Waals surface area contributed by atoms with Crippen LogP contribution >= 0.6 is 0 Å². The van der Waals surface area contributed by atoms with Crippen molar-refractivity contribution in [3.8, 4) is 0 Å². The van der Waals surface area contributed by atoms with Crippen LogP contribution in [0.3, 0.4) is 0 Å². The molecule has 1 radical (unpaired) electrons. The zero-order chi connectivity index (χ0) is 12.3. The summed E-state index contributed by atoms with van der Waals surface area (Å²) in [5.41, 5.74) is 0. The van der Waals surface area contributed by atoms with E-state index in [9.17, 15) is 8.42 Å². The van der Waals surface area contributed by atoms with Crippen LogP contribution in [0.1, 0.15) is 0 Å². The lowest BCUT2D eigenvalue weighted by Gasteiger charge is -2.26. The first-order valence-electron chi connectivity index (χ1n) is 5.24. The monoisotopic (exact) mass is 256 g/mol. The normalized spacial score (nSPS) is 16.9. The summed E-state index contributed by atoms with van der Waals surface area (Å²) in [6, 6.07) is 3.36. The number of piperazine rings is 1. The zero-order valence-corrected chi connectivity index (χ0v) is 10.3. The van der Waals surface area contributed by atoms with E-state index in [4.69, 9.17) is 0 Å². The van der Waals surface area contributed by atoms with E-state index >= 15 is 0 Å². The van der Waals surface area contributed by atoms with Crippen molar-refractivity contribution in [1.29, 1.82) is 0 Å². The third kappa shape index (κ3) is 3.53. The van der Waals surface area contributed by atoms with Gasteiger partial charge in [0, 0.05) is 26.2 Å². The molecule has 0 spiro atoms. The highest BCUT2D eigenvalue weighted by molar-refractivity contribution is 7.92. The fourth-order valence-corrected chi connectivity index (χ4v) is 2.06. The molecule has 1 aliphatic heterocycles. The highest BCUT2D eigenvalue weighted by Crippen LogP contribution is 2.12. The number of nitrogens with zero attached hydrogens (tertiary/aromatic N) is 4. The zero-order valence-electron chi connectivity index (χ0n) is 9.50. The molecule has 1 fully saturated rings. The Kier molecular flexibility index (Phi) is 3.43. The average molecular weight is 256 g/mol. The molecule has 2 rings (SSSR count). The van der Waals surface area contributed by atoms with Crippen LogP contribution in [0.5, 0.6) is 0 Å². The van der Waals surface area contributed by atoms with Crippen molar-refractivity contribution in [2.45, 2.75) is 0 Å². The van der Waals surface area contributed by atoms with Gasteiger partial charge in [-0.3, -0.25) is 4.72 Å². The van der Waals surface area contributed by atoms with Gasteiger partial charge in [0.2, 0.25) is 10.0 Å². The van der Waals surface area contributed by atoms with Crippen LogP contribution in [0.15, 0.2) is 12.1 Å². The predicted molar refractivity (Wildman–Crippen MR) is 64.6 cm³/mol. The van der Waals surface area contributed by atoms with Crippen LogP contribution < -0.4 is 14.9 Å². The van der Waals surface area contributed by atoms with Crippen molar-refractivity contribution in [1.82, 2.24) is 15.5 Å². The number of anilines is 2. The summed E-state index contributed by atoms with van der Waals surface area (Å²) in [6.07, 6.45) is 1.08. The molecule has 0 aliphatic carbocycles. The summed E-state index contributed by atoms with van der Waals surface area (Å²) in [6.45, 7) is 3.25. The minimum atomic E-state index is -3.30. The number of sulfonamides is 1. The standard InChI is InChI=1S/C9H14N5O2S/c1-17(15,16)13-8-2-3-9(12-11-8)14-6-4-10-5-7-14/h2-3H,4-7H2,1H3,(H,11,13). The van der Waals surface area contributed by atoms with E-state index in [0.29, 0.717) is 0 Å². The summed E-state index contributed by atoms with van der Waals surface area (Å²) in [7, 11) is -3.30. The van der Waals surface area contributed by atoms with Gasteiger partial charge in [-0.05, 0) is 12.1 Å². The molecule has 0 unspecified atom stereocenters. The third-order valence-corrected chi connectivity index (χ3v) is 2.90. The smallest absolute Gasteiger partial charge is 0.231 e. The second-order valence-electron chi connectivity index (χ2n) is 3.81. The van der Waals surface area contributed by atoms with Crippen molar-refractivity contribution in [3.05, 3.63) is 12.1 Å². The molecule has 1 aromatic heterocycles. The first kappa shape index (κ1) is 12.1. The van der Waals surface area contributed by atoms with E-state index in [-0.39, 0.29) is 5.82 Å². The highest BCUT2D eigenvalue weighted by Gasteiger charge is 2.13. The lowest BCUT2D eigenvalue weighted by atomic mass is 10.3. The maximum absolute atomic E-state index is 11.0. The number of nitrogens with one attached hydrogen (secondary N) is 1. The molecule has 1 N–H and O–H groups in total. The fraction of sp³-hybridized carbons (Fsp3) is 0.556. The van der Waals surface area contributed by atoms with Crippen molar-refractivity contribution in [2.24, 2.45) is 0 Å². The fourth-order valence-electron chi connectivity index (χ4n) is 1.57. The molecule has 0 atom stereocenters. The average Bonchev–Trinajstić information content (AvgIpc) is 2.29. The Morgan fingerprint density at radius 3 is 2.47 bits per heavy atom. The molecule has 93 valence electrons. The molecule has 1 aromatic rings. The van der Waals surface area contributed by atoms with Gasteiger partial charge in [0.05, 0.1) is 6.26 Å². The van der Waals surface area contributed by atoms with Crippen LogP contribution in [0, 0.1) is 0 Å². The summed E-state index contributed by atoms with van der Waals surface area (Å²) in [5, 5.41) is 12.1. The van der Waals surface area contributed by atoms with Gasteiger partial charge in [0.15, 0.2) is 11.6 Å². The molecule has 17 heavy (non-hydrogen) atoms. The molecule has 2 heterocycles. The van der Waals surface area contributed by atoms with E-state index in [1.807, 2.05) is 0 Å². The van der Waals surface area contributed by atoms with Crippen LogP contribution in [0.4, 0.5) is 11.6 Å². The first-order chi connectivity index (χ1) is 8.04. The SMILES string of the molecule is CS(=O)(=O)Nc1ccc(N2CC[N]CC2)nn1. The lowest BCUT2D eigenvalue weighted by Crippen LogP contribution is -2.40. The largest absolute Gasteiger partial charge is 0.352 e. The molecule has 0 saturated carbocycles. The molecule has 7 nitrogen and oxygen atoms in total. The first-order valence-corrected chi connectivity index (χ1v) is 7.13. The molecular weight excluding hydrogens is 242 g/mol. The Morgan fingerprint density at radius 2 is 1.94 bits per heavy atom. The van der Waals surface area contributed by atoms with Crippen molar-refractivity contribution < 1.29 is 8.42 Å². The van der Waals surface area contributed by atoms with E-state index in [1.54, 1.807) is 12.1 Å². The molecule has 0 bridgehead atoms. The lowest BCUT2D eigenvalue weighted by molar-refractivity contribution is 0.573. The third-order valence-electron chi connectivity index (χ3n) is 2.32. The molecular formula is C9H14N5O2S. The topological polar surface area (TPSA) is 89.3 Å². The minimum Gasteiger partial charge on any atom is -0.352 e. The van der Waals surface area contributed by atoms with E-state index in [0.717, 1.165) is 38.3 Å². The van der Waals surface area contributed by atoms with Gasteiger partial charge in [-0.1, -0.05) is 0 Å². The number of hydrogen-bond donors (Lipinski definition) is 1. The Labute approximate surface area is 100 Å². The van der Waals surface area contributed by atoms with E-state index < -0.39 is 10.0 Å². The Balaban J connectivity index is 2.07. The van der Waals surface area contributed by atoms with Gasteiger partial charge >= 0.3 is 0 Å². The highest BCUT2D eigenvalue weighted by atomic mass is 32.2. The molecule has 8 heteroatoms. The predicted octanol–water partition coefficient (Wildman–Crippen LogP) is -0.727. The number of hydrogen-bond acceptors (Lipinski definition) is 5. The molecule has 0 aromatic carbocycles. The Hall–Kier alpha value is -1.41. The van der Waals surface area contributed by atoms with Gasteiger partial charge in [0.1, 0.15) is 0 Å². The summed E-state index contributed by atoms with van der Waals surface area (Å²) in [5.74, 6) is 0.983. The van der Waals surface area contributed by atoms with Gasteiger partial charge in [-0.15, -0.1) is 10.2 Å². The van der Waals surface area contributed by atoms with E-state index in [2.05, 4.69) is 25.1 Å². The van der Waals surface area contributed by atoms with Crippen molar-refractivity contribution >= 4 is 21.7 Å². The van der Waals surface area contributed by atoms with Gasteiger partial charge < -0.3 is 4.90 Å². The van der Waals surface area contributed by atoms with Crippen molar-refractivity contribution in [3.63, 3.8) is 0 Å². The summed E-state index contributed by atoms with van der Waals surface area (Å²) in [4.78, 5) is 2.07. The Bertz CT molecular complexity index is 467. The van der Waals surface area contributed by atoms with Gasteiger partial charge in [0.25, 0.3) is 0 Å². The van der Waals surface area contributed by atoms with Crippen LogP contribution in [-0.4, -0.2) is 51.0 Å².